The van der Waals surface area contributed by atoms with Crippen LogP contribution in [-0.4, -0.2) is 63.3 Å². The average molecular weight is 523 g/mol. The molecule has 0 aromatic heterocycles. The highest BCUT2D eigenvalue weighted by molar-refractivity contribution is 5.98. The number of carboxylic acid groups (broad SMARTS) is 2. The molecule has 0 radical (unpaired) electrons. The Labute approximate surface area is 222 Å². The first-order chi connectivity index (χ1) is 16.8. The average Bonchev–Trinajstić information content (AvgIpc) is 2.70. The number of rotatable bonds is 4. The van der Waals surface area contributed by atoms with Crippen LogP contribution in [0.2, 0.25) is 0 Å². The molecule has 3 heterocycles. The maximum atomic E-state index is 11.8. The molecule has 3 aliphatic heterocycles. The van der Waals surface area contributed by atoms with Crippen molar-refractivity contribution < 1.29 is 29.3 Å². The van der Waals surface area contributed by atoms with Crippen LogP contribution in [0.5, 0.6) is 0 Å². The van der Waals surface area contributed by atoms with Crippen LogP contribution in [0.15, 0.2) is 0 Å². The van der Waals surface area contributed by atoms with Gasteiger partial charge in [-0.2, -0.15) is 0 Å². The fourth-order valence-corrected chi connectivity index (χ4v) is 8.92. The summed E-state index contributed by atoms with van der Waals surface area (Å²) in [6, 6.07) is 0. The molecule has 212 valence electrons. The molecular weight excluding hydrogens is 472 g/mol. The van der Waals surface area contributed by atoms with E-state index in [9.17, 15) is 19.8 Å². The summed E-state index contributed by atoms with van der Waals surface area (Å²) in [6.45, 7) is 17.8. The van der Waals surface area contributed by atoms with Gasteiger partial charge in [0.25, 0.3) is 0 Å². The van der Waals surface area contributed by atoms with Gasteiger partial charge in [0.05, 0.1) is 13.2 Å². The van der Waals surface area contributed by atoms with Crippen molar-refractivity contribution in [3.05, 3.63) is 0 Å². The Morgan fingerprint density at radius 3 is 1.24 bits per heavy atom. The van der Waals surface area contributed by atoms with E-state index in [-0.39, 0.29) is 40.8 Å². The lowest BCUT2D eigenvalue weighted by molar-refractivity contribution is -0.320. The van der Waals surface area contributed by atoms with Crippen molar-refractivity contribution in [3.63, 3.8) is 0 Å². The highest BCUT2D eigenvalue weighted by Crippen LogP contribution is 2.61. The van der Waals surface area contributed by atoms with Crippen LogP contribution in [0, 0.1) is 22.7 Å². The topological polar surface area (TPSA) is 117 Å². The molecule has 8 heteroatoms. The zero-order valence-corrected chi connectivity index (χ0v) is 24.3. The van der Waals surface area contributed by atoms with Gasteiger partial charge in [-0.3, -0.25) is 9.59 Å². The van der Waals surface area contributed by atoms with E-state index in [2.05, 4.69) is 66.0 Å². The molecule has 0 amide bonds. The second-order valence-electron chi connectivity index (χ2n) is 15.4. The second-order valence-corrected chi connectivity index (χ2v) is 15.4. The van der Waals surface area contributed by atoms with Gasteiger partial charge in [-0.25, -0.2) is 0 Å². The van der Waals surface area contributed by atoms with Crippen molar-refractivity contribution >= 4 is 11.9 Å². The van der Waals surface area contributed by atoms with Crippen LogP contribution in [0.3, 0.4) is 0 Å². The minimum atomic E-state index is -2.04. The molecule has 0 aromatic carbocycles. The Morgan fingerprint density at radius 2 is 0.946 bits per heavy atom. The monoisotopic (exact) mass is 522 g/mol. The molecular formula is C29H50N2O6. The lowest BCUT2D eigenvalue weighted by Crippen LogP contribution is -2.65. The third-order valence-electron chi connectivity index (χ3n) is 9.93. The van der Waals surface area contributed by atoms with Gasteiger partial charge in [-0.05, 0) is 111 Å². The molecule has 1 spiro atoms. The first-order valence-electron chi connectivity index (χ1n) is 14.1. The second kappa shape index (κ2) is 8.90. The summed E-state index contributed by atoms with van der Waals surface area (Å²) in [7, 11) is 0. The first kappa shape index (κ1) is 28.8. The normalized spacial score (nSPS) is 32.0. The van der Waals surface area contributed by atoms with Crippen molar-refractivity contribution in [1.82, 2.24) is 10.6 Å². The molecule has 4 aliphatic rings. The van der Waals surface area contributed by atoms with Crippen molar-refractivity contribution in [2.75, 3.05) is 13.2 Å². The van der Waals surface area contributed by atoms with Crippen molar-refractivity contribution in [2.45, 2.75) is 135 Å². The molecule has 3 saturated heterocycles. The summed E-state index contributed by atoms with van der Waals surface area (Å²) in [4.78, 5) is 23.6. The SMILES string of the molecule is CC1(C)CC(C2(C3CC(C)(C)NC(C)(C)C3)CCC3(CC2)OCC(C(=O)O)(C(=O)O)CO3)CC(C)(C)N1. The van der Waals surface area contributed by atoms with Crippen LogP contribution < -0.4 is 10.6 Å². The maximum Gasteiger partial charge on any atom is 0.325 e. The highest BCUT2D eigenvalue weighted by atomic mass is 16.7. The molecule has 0 aromatic rings. The lowest BCUT2D eigenvalue weighted by atomic mass is 9.49. The number of carbonyl (C=O) groups is 2. The fraction of sp³-hybridized carbons (Fsp3) is 0.931. The van der Waals surface area contributed by atoms with Crippen molar-refractivity contribution in [1.29, 1.82) is 0 Å². The van der Waals surface area contributed by atoms with Crippen molar-refractivity contribution in [3.8, 4) is 0 Å². The van der Waals surface area contributed by atoms with Crippen LogP contribution in [0.4, 0.5) is 0 Å². The van der Waals surface area contributed by atoms with Gasteiger partial charge in [0.15, 0.2) is 5.79 Å². The van der Waals surface area contributed by atoms with Gasteiger partial charge in [-0.15, -0.1) is 0 Å². The van der Waals surface area contributed by atoms with Crippen LogP contribution in [0.25, 0.3) is 0 Å². The summed E-state index contributed by atoms with van der Waals surface area (Å²) < 4.78 is 12.1. The Hall–Kier alpha value is -1.22. The molecule has 8 nitrogen and oxygen atoms in total. The third-order valence-corrected chi connectivity index (χ3v) is 9.93. The first-order valence-corrected chi connectivity index (χ1v) is 14.1. The predicted octanol–water partition coefficient (Wildman–Crippen LogP) is 4.56. The summed E-state index contributed by atoms with van der Waals surface area (Å²) in [5, 5.41) is 27.0. The van der Waals surface area contributed by atoms with E-state index in [0.29, 0.717) is 24.7 Å². The Morgan fingerprint density at radius 1 is 0.622 bits per heavy atom. The molecule has 0 unspecified atom stereocenters. The number of hydrogen-bond donors (Lipinski definition) is 4. The zero-order chi connectivity index (χ0) is 27.7. The molecule has 0 atom stereocenters. The number of aliphatic carboxylic acids is 2. The summed E-state index contributed by atoms with van der Waals surface area (Å²) >= 11 is 0. The van der Waals surface area contributed by atoms with E-state index in [1.807, 2.05) is 0 Å². The molecule has 4 N–H and O–H groups in total. The molecule has 4 fully saturated rings. The zero-order valence-electron chi connectivity index (χ0n) is 24.3. The maximum absolute atomic E-state index is 11.8. The summed E-state index contributed by atoms with van der Waals surface area (Å²) in [6.07, 6.45) is 7.64. The predicted molar refractivity (Wildman–Crippen MR) is 141 cm³/mol. The van der Waals surface area contributed by atoms with E-state index in [1.54, 1.807) is 0 Å². The largest absolute Gasteiger partial charge is 0.480 e. The van der Waals surface area contributed by atoms with Gasteiger partial charge in [0.2, 0.25) is 5.41 Å². The number of ether oxygens (including phenoxy) is 2. The quantitative estimate of drug-likeness (QED) is 0.397. The van der Waals surface area contributed by atoms with Crippen LogP contribution in [-0.2, 0) is 19.1 Å². The van der Waals surface area contributed by atoms with Gasteiger partial charge < -0.3 is 30.3 Å². The minimum absolute atomic E-state index is 0.0346. The highest BCUT2D eigenvalue weighted by Gasteiger charge is 2.60. The molecule has 37 heavy (non-hydrogen) atoms. The number of piperidine rings is 2. The summed E-state index contributed by atoms with van der Waals surface area (Å²) in [5.74, 6) is -2.64. The van der Waals surface area contributed by atoms with Gasteiger partial charge in [0.1, 0.15) is 0 Å². The molecule has 0 bridgehead atoms. The fourth-order valence-electron chi connectivity index (χ4n) is 8.92. The number of nitrogens with one attached hydrogen (secondary N) is 2. The standard InChI is InChI=1S/C29H50N2O6/c1-23(2)13-19(14-24(3,4)30-23)27(20-15-25(5,6)31-26(7,8)16-20)9-11-29(12-10-27)36-17-28(18-37-29,21(32)33)22(34)35/h19-20,30-31H,9-18H2,1-8H3,(H,32,33)(H,34,35). The van der Waals surface area contributed by atoms with E-state index in [1.165, 1.54) is 0 Å². The van der Waals surface area contributed by atoms with Gasteiger partial charge >= 0.3 is 11.9 Å². The van der Waals surface area contributed by atoms with Crippen LogP contribution >= 0.6 is 0 Å². The Bertz CT molecular complexity index is 817. The lowest BCUT2D eigenvalue weighted by Gasteiger charge is -2.62. The smallest absolute Gasteiger partial charge is 0.325 e. The van der Waals surface area contributed by atoms with Gasteiger partial charge in [-0.1, -0.05) is 0 Å². The van der Waals surface area contributed by atoms with Gasteiger partial charge in [0, 0.05) is 35.0 Å². The number of carboxylic acids is 2. The minimum Gasteiger partial charge on any atom is -0.480 e. The molecule has 1 saturated carbocycles. The molecule has 1 aliphatic carbocycles. The van der Waals surface area contributed by atoms with E-state index in [4.69, 9.17) is 9.47 Å². The van der Waals surface area contributed by atoms with E-state index < -0.39 is 23.1 Å². The Kier molecular flexibility index (Phi) is 6.92. The summed E-state index contributed by atoms with van der Waals surface area (Å²) in [5.41, 5.74) is -1.79. The van der Waals surface area contributed by atoms with Crippen molar-refractivity contribution in [2.24, 2.45) is 22.7 Å². The van der Waals surface area contributed by atoms with E-state index >= 15 is 0 Å². The number of hydrogen-bond acceptors (Lipinski definition) is 6. The Balaban J connectivity index is 1.64. The van der Waals surface area contributed by atoms with Crippen LogP contribution in [0.1, 0.15) is 107 Å². The molecule has 4 rings (SSSR count). The third kappa shape index (κ3) is 5.45. The van der Waals surface area contributed by atoms with E-state index in [0.717, 1.165) is 38.5 Å².